The second kappa shape index (κ2) is 10.1. The first kappa shape index (κ1) is 19.3. The van der Waals surface area contributed by atoms with Gasteiger partial charge in [-0.2, -0.15) is 0 Å². The van der Waals surface area contributed by atoms with Crippen LogP contribution in [0, 0.1) is 13.8 Å². The Morgan fingerprint density at radius 1 is 1.08 bits per heavy atom. The molecule has 2 aromatic rings. The molecule has 2 aromatic carbocycles. The lowest BCUT2D eigenvalue weighted by Crippen LogP contribution is -2.24. The van der Waals surface area contributed by atoms with E-state index in [0.717, 1.165) is 16.2 Å². The molecular weight excluding hydrogens is 334 g/mol. The predicted molar refractivity (Wildman–Crippen MR) is 102 cm³/mol. The van der Waals surface area contributed by atoms with Gasteiger partial charge in [-0.3, -0.25) is 4.79 Å². The average Bonchev–Trinajstić information content (AvgIpc) is 2.62. The third-order valence-electron chi connectivity index (χ3n) is 3.67. The van der Waals surface area contributed by atoms with E-state index in [1.165, 1.54) is 11.1 Å². The van der Waals surface area contributed by atoms with Gasteiger partial charge in [-0.15, -0.1) is 11.8 Å². The minimum Gasteiger partial charge on any atom is -0.491 e. The number of methoxy groups -OCH3 is 1. The van der Waals surface area contributed by atoms with Crippen molar-refractivity contribution in [1.29, 1.82) is 0 Å². The maximum atomic E-state index is 12.1. The summed E-state index contributed by atoms with van der Waals surface area (Å²) in [5.74, 6) is 1.26. The highest BCUT2D eigenvalue weighted by Crippen LogP contribution is 2.23. The topological polar surface area (TPSA) is 47.6 Å². The Balaban J connectivity index is 1.75. The Hall–Kier alpha value is -1.98. The Morgan fingerprint density at radius 2 is 1.84 bits per heavy atom. The van der Waals surface area contributed by atoms with E-state index in [0.29, 0.717) is 25.5 Å². The molecule has 0 aromatic heterocycles. The molecule has 134 valence electrons. The molecule has 0 heterocycles. The van der Waals surface area contributed by atoms with E-state index < -0.39 is 0 Å². The van der Waals surface area contributed by atoms with Crippen molar-refractivity contribution in [3.63, 3.8) is 0 Å². The highest BCUT2D eigenvalue weighted by Gasteiger charge is 2.05. The molecule has 25 heavy (non-hydrogen) atoms. The number of hydrogen-bond donors (Lipinski definition) is 1. The number of thioether (sulfide) groups is 1. The summed E-state index contributed by atoms with van der Waals surface area (Å²) in [5.41, 5.74) is 3.46. The van der Waals surface area contributed by atoms with Gasteiger partial charge in [-0.25, -0.2) is 0 Å². The van der Waals surface area contributed by atoms with Crippen LogP contribution in [-0.4, -0.2) is 32.0 Å². The summed E-state index contributed by atoms with van der Waals surface area (Å²) < 4.78 is 10.5. The highest BCUT2D eigenvalue weighted by atomic mass is 32.2. The number of rotatable bonds is 9. The first-order valence-corrected chi connectivity index (χ1v) is 9.24. The molecule has 0 spiro atoms. The molecule has 2 rings (SSSR count). The Bertz CT molecular complexity index is 686. The van der Waals surface area contributed by atoms with Gasteiger partial charge in [-0.05, 0) is 43.2 Å². The minimum absolute atomic E-state index is 0.0336. The van der Waals surface area contributed by atoms with Gasteiger partial charge >= 0.3 is 0 Å². The standard InChI is InChI=1S/C20H25NO3S/c1-15-4-5-16(2)19(12-15)25-14-20(22)21-13-17-6-8-18(9-7-17)24-11-10-23-3/h4-9,12H,10-11,13-14H2,1-3H3,(H,21,22). The van der Waals surface area contributed by atoms with E-state index in [-0.39, 0.29) is 5.91 Å². The number of aryl methyl sites for hydroxylation is 2. The van der Waals surface area contributed by atoms with Gasteiger partial charge in [0.25, 0.3) is 0 Å². The van der Waals surface area contributed by atoms with Crippen LogP contribution in [-0.2, 0) is 16.1 Å². The zero-order valence-corrected chi connectivity index (χ0v) is 15.8. The van der Waals surface area contributed by atoms with E-state index in [9.17, 15) is 4.79 Å². The largest absolute Gasteiger partial charge is 0.491 e. The number of hydrogen-bond acceptors (Lipinski definition) is 4. The third kappa shape index (κ3) is 6.80. The molecule has 0 radical (unpaired) electrons. The molecule has 4 nitrogen and oxygen atoms in total. The highest BCUT2D eigenvalue weighted by molar-refractivity contribution is 8.00. The Morgan fingerprint density at radius 3 is 2.56 bits per heavy atom. The molecule has 5 heteroatoms. The lowest BCUT2D eigenvalue weighted by atomic mass is 10.2. The summed E-state index contributed by atoms with van der Waals surface area (Å²) in [6.45, 7) is 5.74. The van der Waals surface area contributed by atoms with Crippen LogP contribution in [0.15, 0.2) is 47.4 Å². The SMILES string of the molecule is COCCOc1ccc(CNC(=O)CSc2cc(C)ccc2C)cc1. The second-order valence-electron chi connectivity index (χ2n) is 5.82. The molecule has 0 aliphatic carbocycles. The maximum Gasteiger partial charge on any atom is 0.230 e. The molecule has 1 amide bonds. The van der Waals surface area contributed by atoms with Crippen molar-refractivity contribution in [3.8, 4) is 5.75 Å². The summed E-state index contributed by atoms with van der Waals surface area (Å²) >= 11 is 1.57. The molecule has 0 aliphatic heterocycles. The Labute approximate surface area is 153 Å². The smallest absolute Gasteiger partial charge is 0.230 e. The fourth-order valence-electron chi connectivity index (χ4n) is 2.20. The summed E-state index contributed by atoms with van der Waals surface area (Å²) in [6.07, 6.45) is 0. The minimum atomic E-state index is 0.0336. The lowest BCUT2D eigenvalue weighted by molar-refractivity contribution is -0.118. The van der Waals surface area contributed by atoms with E-state index in [1.54, 1.807) is 18.9 Å². The van der Waals surface area contributed by atoms with Crippen molar-refractivity contribution in [2.75, 3.05) is 26.1 Å². The number of carbonyl (C=O) groups is 1. The molecule has 0 aliphatic rings. The molecule has 0 saturated heterocycles. The Kier molecular flexibility index (Phi) is 7.82. The van der Waals surface area contributed by atoms with Crippen LogP contribution >= 0.6 is 11.8 Å². The van der Waals surface area contributed by atoms with Crippen molar-refractivity contribution in [2.45, 2.75) is 25.3 Å². The van der Waals surface area contributed by atoms with Crippen molar-refractivity contribution in [1.82, 2.24) is 5.32 Å². The molecule has 0 fully saturated rings. The van der Waals surface area contributed by atoms with E-state index in [1.807, 2.05) is 24.3 Å². The number of benzene rings is 2. The maximum absolute atomic E-state index is 12.1. The van der Waals surface area contributed by atoms with Crippen LogP contribution in [0.1, 0.15) is 16.7 Å². The first-order chi connectivity index (χ1) is 12.1. The predicted octanol–water partition coefficient (Wildman–Crippen LogP) is 3.74. The van der Waals surface area contributed by atoms with Crippen LogP contribution in [0.2, 0.25) is 0 Å². The fraction of sp³-hybridized carbons (Fsp3) is 0.350. The van der Waals surface area contributed by atoms with Crippen LogP contribution < -0.4 is 10.1 Å². The molecule has 1 N–H and O–H groups in total. The monoisotopic (exact) mass is 359 g/mol. The number of nitrogens with one attached hydrogen (secondary N) is 1. The third-order valence-corrected chi connectivity index (χ3v) is 4.83. The molecule has 0 saturated carbocycles. The number of ether oxygens (including phenoxy) is 2. The summed E-state index contributed by atoms with van der Waals surface area (Å²) in [5, 5.41) is 2.95. The van der Waals surface area contributed by atoms with Crippen molar-refractivity contribution in [2.24, 2.45) is 0 Å². The quantitative estimate of drug-likeness (QED) is 0.547. The molecule has 0 bridgehead atoms. The van der Waals surface area contributed by atoms with Gasteiger partial charge in [-0.1, -0.05) is 29.8 Å². The van der Waals surface area contributed by atoms with E-state index >= 15 is 0 Å². The number of amides is 1. The van der Waals surface area contributed by atoms with E-state index in [4.69, 9.17) is 9.47 Å². The summed E-state index contributed by atoms with van der Waals surface area (Å²) in [7, 11) is 1.65. The van der Waals surface area contributed by atoms with Gasteiger partial charge in [0.2, 0.25) is 5.91 Å². The van der Waals surface area contributed by atoms with Crippen LogP contribution in [0.25, 0.3) is 0 Å². The normalized spacial score (nSPS) is 10.5. The second-order valence-corrected chi connectivity index (χ2v) is 6.84. The van der Waals surface area contributed by atoms with Gasteiger partial charge in [0.05, 0.1) is 12.4 Å². The van der Waals surface area contributed by atoms with Crippen molar-refractivity contribution < 1.29 is 14.3 Å². The van der Waals surface area contributed by atoms with Crippen LogP contribution in [0.5, 0.6) is 5.75 Å². The lowest BCUT2D eigenvalue weighted by Gasteiger charge is -2.09. The van der Waals surface area contributed by atoms with Crippen LogP contribution in [0.3, 0.4) is 0 Å². The first-order valence-electron chi connectivity index (χ1n) is 8.26. The molecular formula is C20H25NO3S. The van der Waals surface area contributed by atoms with Gasteiger partial charge < -0.3 is 14.8 Å². The van der Waals surface area contributed by atoms with E-state index in [2.05, 4.69) is 37.4 Å². The molecule has 0 unspecified atom stereocenters. The van der Waals surface area contributed by atoms with Crippen molar-refractivity contribution in [3.05, 3.63) is 59.2 Å². The summed E-state index contributed by atoms with van der Waals surface area (Å²) in [6, 6.07) is 14.0. The zero-order valence-electron chi connectivity index (χ0n) is 15.0. The molecule has 0 atom stereocenters. The summed E-state index contributed by atoms with van der Waals surface area (Å²) in [4.78, 5) is 13.2. The van der Waals surface area contributed by atoms with Gasteiger partial charge in [0.1, 0.15) is 12.4 Å². The van der Waals surface area contributed by atoms with Crippen LogP contribution in [0.4, 0.5) is 0 Å². The zero-order chi connectivity index (χ0) is 18.1. The van der Waals surface area contributed by atoms with Crippen molar-refractivity contribution >= 4 is 17.7 Å². The van der Waals surface area contributed by atoms with Gasteiger partial charge in [0, 0.05) is 18.6 Å². The number of carbonyl (C=O) groups excluding carboxylic acids is 1. The average molecular weight is 359 g/mol. The fourth-order valence-corrected chi connectivity index (χ4v) is 3.16. The van der Waals surface area contributed by atoms with Gasteiger partial charge in [0.15, 0.2) is 0 Å².